The Balaban J connectivity index is 1.84. The molecule has 2 heterocycles. The van der Waals surface area contributed by atoms with Gasteiger partial charge in [-0.05, 0) is 33.5 Å². The molecule has 0 aromatic carbocycles. The largest absolute Gasteiger partial charge is 0.396 e. The Morgan fingerprint density at radius 3 is 2.75 bits per heavy atom. The SMILES string of the molecule is CN1CCCC(N(C)CC2(CO)COC2)C1. The van der Waals surface area contributed by atoms with Crippen molar-refractivity contribution in [1.29, 1.82) is 0 Å². The van der Waals surface area contributed by atoms with Crippen molar-refractivity contribution in [3.63, 3.8) is 0 Å². The minimum absolute atomic E-state index is 0.0186. The normalized spacial score (nSPS) is 30.4. The second-order valence-corrected chi connectivity index (χ2v) is 5.62. The Morgan fingerprint density at radius 2 is 2.25 bits per heavy atom. The summed E-state index contributed by atoms with van der Waals surface area (Å²) in [6, 6.07) is 0.641. The van der Waals surface area contributed by atoms with Crippen molar-refractivity contribution >= 4 is 0 Å². The lowest BCUT2D eigenvalue weighted by molar-refractivity contribution is -0.150. The van der Waals surface area contributed by atoms with Gasteiger partial charge in [-0.1, -0.05) is 0 Å². The van der Waals surface area contributed by atoms with E-state index in [0.29, 0.717) is 6.04 Å². The van der Waals surface area contributed by atoms with Crippen LogP contribution in [-0.2, 0) is 4.74 Å². The quantitative estimate of drug-likeness (QED) is 0.736. The first kappa shape index (κ1) is 12.3. The number of likely N-dealkylation sites (N-methyl/N-ethyl adjacent to an activating group) is 2. The Morgan fingerprint density at radius 1 is 1.50 bits per heavy atom. The van der Waals surface area contributed by atoms with Crippen LogP contribution in [-0.4, -0.2) is 74.5 Å². The van der Waals surface area contributed by atoms with Crippen LogP contribution in [0.25, 0.3) is 0 Å². The van der Waals surface area contributed by atoms with Gasteiger partial charge < -0.3 is 19.6 Å². The molecular formula is C12H24N2O2. The van der Waals surface area contributed by atoms with Crippen molar-refractivity contribution in [3.8, 4) is 0 Å². The van der Waals surface area contributed by atoms with E-state index >= 15 is 0 Å². The van der Waals surface area contributed by atoms with Crippen LogP contribution in [0, 0.1) is 5.41 Å². The summed E-state index contributed by atoms with van der Waals surface area (Å²) in [5, 5.41) is 9.42. The summed E-state index contributed by atoms with van der Waals surface area (Å²) in [6.07, 6.45) is 2.57. The van der Waals surface area contributed by atoms with Gasteiger partial charge in [0.15, 0.2) is 0 Å². The van der Waals surface area contributed by atoms with E-state index in [1.54, 1.807) is 0 Å². The number of aliphatic hydroxyl groups is 1. The molecule has 0 spiro atoms. The van der Waals surface area contributed by atoms with E-state index in [-0.39, 0.29) is 12.0 Å². The fraction of sp³-hybridized carbons (Fsp3) is 1.00. The highest BCUT2D eigenvalue weighted by Gasteiger charge is 2.40. The van der Waals surface area contributed by atoms with Gasteiger partial charge in [-0.15, -0.1) is 0 Å². The number of ether oxygens (including phenoxy) is 1. The molecule has 0 radical (unpaired) electrons. The molecule has 1 atom stereocenters. The molecule has 0 amide bonds. The van der Waals surface area contributed by atoms with Crippen LogP contribution in [0.3, 0.4) is 0 Å². The standard InChI is InChI=1S/C12H24N2O2/c1-13-5-3-4-11(6-13)14(2)7-12(8-15)9-16-10-12/h11,15H,3-10H2,1-2H3. The summed E-state index contributed by atoms with van der Waals surface area (Å²) in [5.74, 6) is 0. The molecule has 2 aliphatic heterocycles. The van der Waals surface area contributed by atoms with E-state index in [9.17, 15) is 5.11 Å². The van der Waals surface area contributed by atoms with Crippen molar-refractivity contribution in [3.05, 3.63) is 0 Å². The van der Waals surface area contributed by atoms with Crippen molar-refractivity contribution < 1.29 is 9.84 Å². The van der Waals surface area contributed by atoms with Crippen LogP contribution >= 0.6 is 0 Å². The van der Waals surface area contributed by atoms with Crippen LogP contribution in [0.15, 0.2) is 0 Å². The van der Waals surface area contributed by atoms with E-state index in [0.717, 1.165) is 26.3 Å². The van der Waals surface area contributed by atoms with Crippen molar-refractivity contribution in [2.45, 2.75) is 18.9 Å². The second kappa shape index (κ2) is 5.00. The van der Waals surface area contributed by atoms with Gasteiger partial charge >= 0.3 is 0 Å². The molecule has 2 fully saturated rings. The minimum Gasteiger partial charge on any atom is -0.396 e. The van der Waals surface area contributed by atoms with Gasteiger partial charge in [0.05, 0.1) is 25.2 Å². The molecule has 4 heteroatoms. The zero-order chi connectivity index (χ0) is 11.6. The van der Waals surface area contributed by atoms with Crippen LogP contribution < -0.4 is 0 Å². The number of piperidine rings is 1. The summed E-state index contributed by atoms with van der Waals surface area (Å²) in [4.78, 5) is 4.81. The summed E-state index contributed by atoms with van der Waals surface area (Å²) in [7, 11) is 4.37. The highest BCUT2D eigenvalue weighted by molar-refractivity contribution is 4.90. The van der Waals surface area contributed by atoms with E-state index < -0.39 is 0 Å². The predicted molar refractivity (Wildman–Crippen MR) is 63.5 cm³/mol. The summed E-state index contributed by atoms with van der Waals surface area (Å²) in [6.45, 7) is 5.02. The Labute approximate surface area is 98.2 Å². The fourth-order valence-corrected chi connectivity index (χ4v) is 2.78. The van der Waals surface area contributed by atoms with Crippen LogP contribution in [0.2, 0.25) is 0 Å². The summed E-state index contributed by atoms with van der Waals surface area (Å²) >= 11 is 0. The third-order valence-corrected chi connectivity index (χ3v) is 3.96. The number of nitrogens with zero attached hydrogens (tertiary/aromatic N) is 2. The molecule has 0 aromatic rings. The predicted octanol–water partition coefficient (Wildman–Crippen LogP) is 0.0213. The third-order valence-electron chi connectivity index (χ3n) is 3.96. The molecule has 0 bridgehead atoms. The maximum absolute atomic E-state index is 9.42. The van der Waals surface area contributed by atoms with E-state index in [1.807, 2.05) is 0 Å². The molecule has 0 saturated carbocycles. The maximum Gasteiger partial charge on any atom is 0.0579 e. The zero-order valence-electron chi connectivity index (χ0n) is 10.5. The Bertz CT molecular complexity index is 226. The minimum atomic E-state index is 0.0186. The van der Waals surface area contributed by atoms with E-state index in [2.05, 4.69) is 23.9 Å². The third kappa shape index (κ3) is 2.56. The lowest BCUT2D eigenvalue weighted by atomic mass is 9.85. The molecule has 2 saturated heterocycles. The van der Waals surface area contributed by atoms with Gasteiger partial charge in [0.1, 0.15) is 0 Å². The number of likely N-dealkylation sites (tertiary alicyclic amines) is 1. The van der Waals surface area contributed by atoms with E-state index in [1.165, 1.54) is 19.4 Å². The van der Waals surface area contributed by atoms with Gasteiger partial charge in [-0.3, -0.25) is 0 Å². The molecular weight excluding hydrogens is 204 g/mol. The first-order chi connectivity index (χ1) is 7.65. The number of hydrogen-bond donors (Lipinski definition) is 1. The lowest BCUT2D eigenvalue weighted by Crippen LogP contribution is -2.56. The van der Waals surface area contributed by atoms with Gasteiger partial charge in [-0.25, -0.2) is 0 Å². The highest BCUT2D eigenvalue weighted by atomic mass is 16.5. The van der Waals surface area contributed by atoms with Crippen molar-refractivity contribution in [2.24, 2.45) is 5.41 Å². The molecule has 1 unspecified atom stereocenters. The zero-order valence-corrected chi connectivity index (χ0v) is 10.5. The van der Waals surface area contributed by atoms with Gasteiger partial charge in [0.25, 0.3) is 0 Å². The molecule has 4 nitrogen and oxygen atoms in total. The Kier molecular flexibility index (Phi) is 3.85. The number of rotatable bonds is 4. The van der Waals surface area contributed by atoms with Gasteiger partial charge in [0.2, 0.25) is 0 Å². The number of hydrogen-bond acceptors (Lipinski definition) is 4. The Hall–Kier alpha value is -0.160. The summed E-state index contributed by atoms with van der Waals surface area (Å²) in [5.41, 5.74) is 0.0186. The monoisotopic (exact) mass is 228 g/mol. The van der Waals surface area contributed by atoms with Crippen LogP contribution in [0.4, 0.5) is 0 Å². The fourth-order valence-electron chi connectivity index (χ4n) is 2.78. The van der Waals surface area contributed by atoms with Gasteiger partial charge in [0, 0.05) is 19.1 Å². The molecule has 2 rings (SSSR count). The smallest absolute Gasteiger partial charge is 0.0579 e. The topological polar surface area (TPSA) is 35.9 Å². The molecule has 16 heavy (non-hydrogen) atoms. The highest BCUT2D eigenvalue weighted by Crippen LogP contribution is 2.29. The first-order valence-electron chi connectivity index (χ1n) is 6.23. The van der Waals surface area contributed by atoms with Gasteiger partial charge in [-0.2, -0.15) is 0 Å². The van der Waals surface area contributed by atoms with E-state index in [4.69, 9.17) is 4.74 Å². The molecule has 2 aliphatic rings. The average Bonchev–Trinajstić information content (AvgIpc) is 2.23. The molecule has 0 aliphatic carbocycles. The average molecular weight is 228 g/mol. The van der Waals surface area contributed by atoms with Crippen LogP contribution in [0.1, 0.15) is 12.8 Å². The molecule has 0 aromatic heterocycles. The molecule has 1 N–H and O–H groups in total. The summed E-state index contributed by atoms with van der Waals surface area (Å²) < 4.78 is 5.24. The van der Waals surface area contributed by atoms with Crippen molar-refractivity contribution in [1.82, 2.24) is 9.80 Å². The number of aliphatic hydroxyl groups excluding tert-OH is 1. The second-order valence-electron chi connectivity index (χ2n) is 5.62. The maximum atomic E-state index is 9.42. The first-order valence-corrected chi connectivity index (χ1v) is 6.23. The van der Waals surface area contributed by atoms with Crippen LogP contribution in [0.5, 0.6) is 0 Å². The lowest BCUT2D eigenvalue weighted by Gasteiger charge is -2.45. The van der Waals surface area contributed by atoms with Crippen molar-refractivity contribution in [2.75, 3.05) is 53.6 Å². The molecule has 94 valence electrons.